The molecule has 0 bridgehead atoms. The third kappa shape index (κ3) is 2.63. The van der Waals surface area contributed by atoms with Gasteiger partial charge >= 0.3 is 66.2 Å². The quantitative estimate of drug-likeness (QED) is 0.571. The van der Waals surface area contributed by atoms with Gasteiger partial charge in [-0.1, -0.05) is 0 Å². The predicted molar refractivity (Wildman–Crippen MR) is 5.31 cm³/mol. The van der Waals surface area contributed by atoms with Gasteiger partial charge in [0.2, 0.25) is 0 Å². The Morgan fingerprint density at radius 1 is 0.667 bits per heavy atom. The standard InChI is InChI=1S/6O.3V. The Bertz CT molecular complexity index is 135. The Balaban J connectivity index is 2.64. The van der Waals surface area contributed by atoms with Crippen molar-refractivity contribution in [3.63, 3.8) is 0 Å². The molecule has 1 fully saturated rings. The van der Waals surface area contributed by atoms with Crippen LogP contribution in [0.15, 0.2) is 0 Å². The molecule has 0 unspecified atom stereocenters. The van der Waals surface area contributed by atoms with Crippen molar-refractivity contribution >= 4 is 0 Å². The van der Waals surface area contributed by atoms with E-state index in [4.69, 9.17) is 0 Å². The molecule has 0 N–H and O–H groups in total. The van der Waals surface area contributed by atoms with Crippen LogP contribution in [0.2, 0.25) is 0 Å². The van der Waals surface area contributed by atoms with E-state index >= 15 is 0 Å². The van der Waals surface area contributed by atoms with Gasteiger partial charge in [-0.3, -0.25) is 0 Å². The second kappa shape index (κ2) is 3.43. The molecule has 1 saturated heterocycles. The van der Waals surface area contributed by atoms with Gasteiger partial charge in [0, 0.05) is 0 Å². The molecular weight excluding hydrogens is 249 g/mol. The van der Waals surface area contributed by atoms with Gasteiger partial charge in [0.15, 0.2) is 0 Å². The summed E-state index contributed by atoms with van der Waals surface area (Å²) in [5, 5.41) is 0. The van der Waals surface area contributed by atoms with Crippen LogP contribution in [0.4, 0.5) is 0 Å². The van der Waals surface area contributed by atoms with Gasteiger partial charge in [-0.15, -0.1) is 0 Å². The normalized spacial score (nSPS) is 20.7. The van der Waals surface area contributed by atoms with E-state index < -0.39 is 47.4 Å². The minimum atomic E-state index is -3.14. The topological polar surface area (TPSA) is 78.9 Å². The Labute approximate surface area is 66.0 Å². The van der Waals surface area contributed by atoms with Gasteiger partial charge in [0.05, 0.1) is 0 Å². The van der Waals surface area contributed by atoms with Gasteiger partial charge in [0.1, 0.15) is 0 Å². The van der Waals surface area contributed by atoms with E-state index in [0.29, 0.717) is 0 Å². The van der Waals surface area contributed by atoms with Gasteiger partial charge in [0.25, 0.3) is 0 Å². The van der Waals surface area contributed by atoms with E-state index in [2.05, 4.69) is 7.76 Å². The van der Waals surface area contributed by atoms with Gasteiger partial charge in [-0.25, -0.2) is 0 Å². The van der Waals surface area contributed by atoms with Crippen molar-refractivity contribution in [3.05, 3.63) is 0 Å². The molecule has 0 aromatic carbocycles. The van der Waals surface area contributed by atoms with Crippen molar-refractivity contribution in [2.24, 2.45) is 0 Å². The average molecular weight is 249 g/mol. The Kier molecular flexibility index (Phi) is 3.10. The first-order valence-corrected chi connectivity index (χ1v) is 6.77. The SMILES string of the molecule is [O]=[V]1[O][V](=[O])[O][V](=[O])[O]1. The fraction of sp³-hybridized carbons (Fsp3) is 0. The van der Waals surface area contributed by atoms with Gasteiger partial charge in [-0.05, 0) is 0 Å². The van der Waals surface area contributed by atoms with Crippen LogP contribution in [-0.4, -0.2) is 0 Å². The van der Waals surface area contributed by atoms with E-state index in [1.807, 2.05) is 0 Å². The maximum absolute atomic E-state index is 10.3. The van der Waals surface area contributed by atoms with Crippen LogP contribution < -0.4 is 0 Å². The number of hydrogen-bond donors (Lipinski definition) is 0. The first-order chi connectivity index (χ1) is 4.18. The summed E-state index contributed by atoms with van der Waals surface area (Å²) in [5.41, 5.74) is 0. The summed E-state index contributed by atoms with van der Waals surface area (Å²) in [6, 6.07) is 0. The monoisotopic (exact) mass is 249 g/mol. The van der Waals surface area contributed by atoms with Crippen molar-refractivity contribution in [3.8, 4) is 0 Å². The molecule has 0 radical (unpaired) electrons. The van der Waals surface area contributed by atoms with E-state index in [9.17, 15) is 11.0 Å². The van der Waals surface area contributed by atoms with Gasteiger partial charge < -0.3 is 0 Å². The number of rotatable bonds is 0. The van der Waals surface area contributed by atoms with Crippen LogP contribution in [0.1, 0.15) is 0 Å². The summed E-state index contributed by atoms with van der Waals surface area (Å²) in [6.07, 6.45) is 0. The first kappa shape index (κ1) is 8.13. The molecule has 9 heteroatoms. The van der Waals surface area contributed by atoms with Crippen molar-refractivity contribution < 1.29 is 66.2 Å². The molecule has 0 aliphatic carbocycles. The molecular formula is O6V3. The molecule has 0 atom stereocenters. The average Bonchev–Trinajstić information content (AvgIpc) is 1.59. The van der Waals surface area contributed by atoms with Crippen LogP contribution in [-0.2, 0) is 66.2 Å². The van der Waals surface area contributed by atoms with Crippen LogP contribution in [0, 0.1) is 0 Å². The summed E-state index contributed by atoms with van der Waals surface area (Å²) in [6.45, 7) is 0. The van der Waals surface area contributed by atoms with Crippen LogP contribution in [0.5, 0.6) is 0 Å². The molecule has 0 amide bonds. The zero-order chi connectivity index (χ0) is 6.85. The number of hydrogen-bond acceptors (Lipinski definition) is 6. The van der Waals surface area contributed by atoms with Crippen molar-refractivity contribution in [1.82, 2.24) is 0 Å². The zero-order valence-corrected chi connectivity index (χ0v) is 7.98. The maximum atomic E-state index is 10.3. The second-order valence-corrected chi connectivity index (χ2v) is 6.93. The van der Waals surface area contributed by atoms with Crippen molar-refractivity contribution in [2.75, 3.05) is 0 Å². The molecule has 0 saturated carbocycles. The van der Waals surface area contributed by atoms with Crippen LogP contribution >= 0.6 is 0 Å². The summed E-state index contributed by atoms with van der Waals surface area (Å²) < 4.78 is 43.2. The third-order valence-electron chi connectivity index (χ3n) is 0.400. The minimum absolute atomic E-state index is 3.14. The zero-order valence-electron chi connectivity index (χ0n) is 3.79. The molecule has 51 valence electrons. The molecule has 6 nitrogen and oxygen atoms in total. The molecule has 1 aliphatic rings. The summed E-state index contributed by atoms with van der Waals surface area (Å²) in [4.78, 5) is 0. The van der Waals surface area contributed by atoms with E-state index in [1.165, 1.54) is 0 Å². The summed E-state index contributed by atoms with van der Waals surface area (Å²) in [7, 11) is 0. The van der Waals surface area contributed by atoms with Crippen LogP contribution in [0.25, 0.3) is 0 Å². The Morgan fingerprint density at radius 3 is 1.11 bits per heavy atom. The van der Waals surface area contributed by atoms with E-state index in [0.717, 1.165) is 0 Å². The fourth-order valence-electron chi connectivity index (χ4n) is 0.208. The molecule has 0 aromatic heterocycles. The second-order valence-electron chi connectivity index (χ2n) is 0.916. The molecule has 0 aromatic rings. The van der Waals surface area contributed by atoms with Crippen molar-refractivity contribution in [1.29, 1.82) is 0 Å². The molecule has 9 heavy (non-hydrogen) atoms. The molecule has 1 heterocycles. The summed E-state index contributed by atoms with van der Waals surface area (Å²) >= 11 is -9.42. The van der Waals surface area contributed by atoms with Crippen LogP contribution in [0.3, 0.4) is 0 Å². The Hall–Kier alpha value is 1.03. The van der Waals surface area contributed by atoms with Crippen molar-refractivity contribution in [2.45, 2.75) is 0 Å². The predicted octanol–water partition coefficient (Wildman–Crippen LogP) is -0.569. The van der Waals surface area contributed by atoms with E-state index in [-0.39, 0.29) is 0 Å². The Morgan fingerprint density at radius 2 is 0.889 bits per heavy atom. The fourth-order valence-corrected chi connectivity index (χ4v) is 5.91. The van der Waals surface area contributed by atoms with Gasteiger partial charge in [-0.2, -0.15) is 0 Å². The molecule has 1 aliphatic heterocycles. The summed E-state index contributed by atoms with van der Waals surface area (Å²) in [5.74, 6) is 0. The molecule has 0 spiro atoms. The van der Waals surface area contributed by atoms with E-state index in [1.54, 1.807) is 0 Å². The molecule has 1 rings (SSSR count). The third-order valence-corrected chi connectivity index (χ3v) is 6.80. The first-order valence-electron chi connectivity index (χ1n) is 1.64.